The Balaban J connectivity index is 1.84. The van der Waals surface area contributed by atoms with Gasteiger partial charge < -0.3 is 25.6 Å². The maximum Gasteiger partial charge on any atom is 0.266 e. The average Bonchev–Trinajstić information content (AvgIpc) is 3.29. The number of nitriles is 1. The Labute approximate surface area is 210 Å². The predicted octanol–water partition coefficient (Wildman–Crippen LogP) is 2.74. The summed E-state index contributed by atoms with van der Waals surface area (Å²) in [4.78, 5) is 34.8. The van der Waals surface area contributed by atoms with E-state index < -0.39 is 0 Å². The van der Waals surface area contributed by atoms with Crippen LogP contribution in [0, 0.1) is 11.3 Å². The van der Waals surface area contributed by atoms with Gasteiger partial charge in [-0.15, -0.1) is 11.3 Å². The molecule has 10 heteroatoms. The van der Waals surface area contributed by atoms with Crippen LogP contribution in [0.2, 0.25) is 0 Å². The maximum absolute atomic E-state index is 13.4. The van der Waals surface area contributed by atoms with Crippen LogP contribution >= 0.6 is 11.3 Å². The number of hydrogen-bond acceptors (Lipinski definition) is 7. The first-order valence-electron chi connectivity index (χ1n) is 11.6. The first kappa shape index (κ1) is 26.3. The van der Waals surface area contributed by atoms with Gasteiger partial charge in [-0.3, -0.25) is 9.59 Å². The number of carbonyl (C=O) groups is 2. The fraction of sp³-hybridized carbons (Fsp3) is 0.440. The van der Waals surface area contributed by atoms with E-state index in [2.05, 4.69) is 16.4 Å². The summed E-state index contributed by atoms with van der Waals surface area (Å²) in [5, 5.41) is 13.9. The van der Waals surface area contributed by atoms with Gasteiger partial charge in [-0.05, 0) is 30.9 Å². The standard InChI is InChI=1S/C25H32N6O3S/c1-30(14-19-8-4-3-7-18(19)13-26)25(33)23-22(29-17-31-11-5-9-20(27)15-31)21(16-35-23)24(32)28-10-6-12-34-2/h3-4,7-8,16-17,20H,5-6,9-12,14-15,27H2,1-2H3,(H,28,32)/b29-17+/t20-/m1/s1. The number of aliphatic imine (C=N–C) groups is 1. The average molecular weight is 497 g/mol. The molecule has 1 fully saturated rings. The van der Waals surface area contributed by atoms with E-state index in [1.165, 1.54) is 16.2 Å². The number of likely N-dealkylation sites (tertiary alicyclic amines) is 1. The monoisotopic (exact) mass is 496 g/mol. The second kappa shape index (κ2) is 13.0. The molecule has 3 N–H and O–H groups in total. The maximum atomic E-state index is 13.4. The minimum absolute atomic E-state index is 0.0775. The molecule has 0 unspecified atom stereocenters. The first-order chi connectivity index (χ1) is 16.9. The minimum atomic E-state index is -0.281. The van der Waals surface area contributed by atoms with Crippen LogP contribution in [0.5, 0.6) is 0 Å². The molecule has 1 aromatic carbocycles. The highest BCUT2D eigenvalue weighted by molar-refractivity contribution is 7.13. The van der Waals surface area contributed by atoms with E-state index in [0.29, 0.717) is 47.8 Å². The molecule has 2 amide bonds. The number of nitrogens with two attached hydrogens (primary N) is 1. The zero-order chi connectivity index (χ0) is 25.2. The van der Waals surface area contributed by atoms with Crippen molar-refractivity contribution in [2.45, 2.75) is 31.8 Å². The topological polar surface area (TPSA) is 124 Å². The summed E-state index contributed by atoms with van der Waals surface area (Å²) in [7, 11) is 3.29. The summed E-state index contributed by atoms with van der Waals surface area (Å²) in [5.74, 6) is -0.542. The number of nitrogens with one attached hydrogen (secondary N) is 1. The normalized spacial score (nSPS) is 15.7. The molecule has 0 saturated carbocycles. The highest BCUT2D eigenvalue weighted by atomic mass is 32.1. The second-order valence-corrected chi connectivity index (χ2v) is 9.38. The van der Waals surface area contributed by atoms with E-state index in [9.17, 15) is 14.9 Å². The fourth-order valence-corrected chi connectivity index (χ4v) is 4.84. The molecule has 1 aliphatic rings. The number of carbonyl (C=O) groups excluding carboxylic acids is 2. The summed E-state index contributed by atoms with van der Waals surface area (Å²) in [6, 6.07) is 9.42. The zero-order valence-corrected chi connectivity index (χ0v) is 21.0. The number of benzene rings is 1. The van der Waals surface area contributed by atoms with Crippen LogP contribution < -0.4 is 11.1 Å². The molecule has 9 nitrogen and oxygen atoms in total. The molecule has 0 bridgehead atoms. The first-order valence-corrected chi connectivity index (χ1v) is 12.5. The molecule has 1 saturated heterocycles. The van der Waals surface area contributed by atoms with E-state index in [4.69, 9.17) is 10.5 Å². The molecular weight excluding hydrogens is 464 g/mol. The van der Waals surface area contributed by atoms with Crippen molar-refractivity contribution in [3.8, 4) is 6.07 Å². The highest BCUT2D eigenvalue weighted by Crippen LogP contribution is 2.32. The molecule has 1 aromatic heterocycles. The van der Waals surface area contributed by atoms with Crippen molar-refractivity contribution in [2.24, 2.45) is 10.7 Å². The van der Waals surface area contributed by atoms with Crippen LogP contribution in [0.4, 0.5) is 5.69 Å². The van der Waals surface area contributed by atoms with Gasteiger partial charge in [-0.1, -0.05) is 18.2 Å². The van der Waals surface area contributed by atoms with Gasteiger partial charge in [0.05, 0.1) is 23.5 Å². The van der Waals surface area contributed by atoms with Crippen molar-refractivity contribution in [1.29, 1.82) is 5.26 Å². The fourth-order valence-electron chi connectivity index (χ4n) is 3.86. The van der Waals surface area contributed by atoms with Gasteiger partial charge in [-0.25, -0.2) is 4.99 Å². The lowest BCUT2D eigenvalue weighted by molar-refractivity contribution is 0.0790. The van der Waals surface area contributed by atoms with Crippen LogP contribution in [-0.4, -0.2) is 74.4 Å². The number of amides is 2. The van der Waals surface area contributed by atoms with Gasteiger partial charge in [0.2, 0.25) is 0 Å². The largest absolute Gasteiger partial charge is 0.385 e. The van der Waals surface area contributed by atoms with Crippen molar-refractivity contribution in [3.05, 3.63) is 51.2 Å². The van der Waals surface area contributed by atoms with Gasteiger partial charge in [0, 0.05) is 58.4 Å². The van der Waals surface area contributed by atoms with Crippen molar-refractivity contribution >= 4 is 35.2 Å². The molecule has 1 atom stereocenters. The van der Waals surface area contributed by atoms with Gasteiger partial charge in [0.1, 0.15) is 10.6 Å². The molecule has 186 valence electrons. The smallest absolute Gasteiger partial charge is 0.266 e. The van der Waals surface area contributed by atoms with E-state index in [-0.39, 0.29) is 24.4 Å². The summed E-state index contributed by atoms with van der Waals surface area (Å²) in [6.07, 6.45) is 4.31. The van der Waals surface area contributed by atoms with Crippen LogP contribution in [0.1, 0.15) is 50.4 Å². The summed E-state index contributed by atoms with van der Waals surface area (Å²) >= 11 is 1.19. The van der Waals surface area contributed by atoms with Crippen LogP contribution in [-0.2, 0) is 11.3 Å². The third-order valence-electron chi connectivity index (χ3n) is 5.75. The Hall–Kier alpha value is -3.26. The molecule has 0 spiro atoms. The van der Waals surface area contributed by atoms with E-state index in [0.717, 1.165) is 24.9 Å². The molecule has 0 radical (unpaired) electrons. The number of rotatable bonds is 10. The van der Waals surface area contributed by atoms with Gasteiger partial charge in [0.25, 0.3) is 11.8 Å². The molecule has 35 heavy (non-hydrogen) atoms. The Kier molecular flexibility index (Phi) is 9.78. The van der Waals surface area contributed by atoms with E-state index in [1.54, 1.807) is 38.0 Å². The van der Waals surface area contributed by atoms with Crippen LogP contribution in [0.3, 0.4) is 0 Å². The number of piperidine rings is 1. The molecular formula is C25H32N6O3S. The van der Waals surface area contributed by atoms with Gasteiger partial charge in [0.15, 0.2) is 0 Å². The second-order valence-electron chi connectivity index (χ2n) is 8.50. The number of ether oxygens (including phenoxy) is 1. The minimum Gasteiger partial charge on any atom is -0.385 e. The zero-order valence-electron chi connectivity index (χ0n) is 20.2. The van der Waals surface area contributed by atoms with Crippen LogP contribution in [0.15, 0.2) is 34.6 Å². The lowest BCUT2D eigenvalue weighted by atomic mass is 10.1. The summed E-state index contributed by atoms with van der Waals surface area (Å²) < 4.78 is 5.04. The van der Waals surface area contributed by atoms with Gasteiger partial charge >= 0.3 is 0 Å². The van der Waals surface area contributed by atoms with Gasteiger partial charge in [-0.2, -0.15) is 5.26 Å². The third-order valence-corrected chi connectivity index (χ3v) is 6.70. The molecule has 2 heterocycles. The molecule has 0 aliphatic carbocycles. The predicted molar refractivity (Wildman–Crippen MR) is 137 cm³/mol. The lowest BCUT2D eigenvalue weighted by Crippen LogP contribution is -2.41. The van der Waals surface area contributed by atoms with E-state index in [1.807, 2.05) is 17.0 Å². The number of thiophene rings is 1. The Bertz CT molecular complexity index is 1090. The van der Waals surface area contributed by atoms with Crippen molar-refractivity contribution in [2.75, 3.05) is 40.4 Å². The molecule has 2 aromatic rings. The van der Waals surface area contributed by atoms with Crippen molar-refractivity contribution in [1.82, 2.24) is 15.1 Å². The summed E-state index contributed by atoms with van der Waals surface area (Å²) in [6.45, 7) is 2.78. The number of nitrogens with zero attached hydrogens (tertiary/aromatic N) is 4. The molecule has 1 aliphatic heterocycles. The third kappa shape index (κ3) is 7.11. The van der Waals surface area contributed by atoms with E-state index >= 15 is 0 Å². The Morgan fingerprint density at radius 2 is 2.23 bits per heavy atom. The van der Waals surface area contributed by atoms with Crippen molar-refractivity contribution < 1.29 is 14.3 Å². The van der Waals surface area contributed by atoms with Crippen molar-refractivity contribution in [3.63, 3.8) is 0 Å². The summed E-state index contributed by atoms with van der Waals surface area (Å²) in [5.41, 5.74) is 8.08. The quantitative estimate of drug-likeness (QED) is 0.296. The Morgan fingerprint density at radius 1 is 1.43 bits per heavy atom. The number of hydrogen-bond donors (Lipinski definition) is 2. The Morgan fingerprint density at radius 3 is 2.97 bits per heavy atom. The lowest BCUT2D eigenvalue weighted by Gasteiger charge is -2.28. The number of methoxy groups -OCH3 is 1. The highest BCUT2D eigenvalue weighted by Gasteiger charge is 2.25. The molecule has 3 rings (SSSR count). The SMILES string of the molecule is COCCCNC(=O)c1csc(C(=O)N(C)Cc2ccccc2C#N)c1/N=C/N1CCC[C@@H](N)C1. The van der Waals surface area contributed by atoms with Crippen LogP contribution in [0.25, 0.3) is 0 Å².